The van der Waals surface area contributed by atoms with E-state index in [1.807, 2.05) is 53.4 Å². The first-order valence-corrected chi connectivity index (χ1v) is 9.17. The van der Waals surface area contributed by atoms with Crippen LogP contribution in [0.1, 0.15) is 12.6 Å². The first-order valence-electron chi connectivity index (χ1n) is 7.92. The van der Waals surface area contributed by atoms with Gasteiger partial charge < -0.3 is 15.4 Å². The summed E-state index contributed by atoms with van der Waals surface area (Å²) in [5.74, 6) is 1.50. The zero-order valence-corrected chi connectivity index (χ0v) is 15.6. The molecule has 0 saturated carbocycles. The van der Waals surface area contributed by atoms with E-state index in [4.69, 9.17) is 16.3 Å². The monoisotopic (exact) mass is 377 g/mol. The molecule has 0 bridgehead atoms. The largest absolute Gasteiger partial charge is 0.489 e. The van der Waals surface area contributed by atoms with Gasteiger partial charge in [0, 0.05) is 29.8 Å². The molecule has 1 unspecified atom stereocenters. The summed E-state index contributed by atoms with van der Waals surface area (Å²) >= 11 is 7.49. The van der Waals surface area contributed by atoms with E-state index in [-0.39, 0.29) is 6.10 Å². The third-order valence-electron chi connectivity index (χ3n) is 3.51. The van der Waals surface area contributed by atoms with Crippen LogP contribution in [0.3, 0.4) is 0 Å². The van der Waals surface area contributed by atoms with Gasteiger partial charge in [0.1, 0.15) is 11.9 Å². The van der Waals surface area contributed by atoms with Crippen molar-refractivity contribution < 1.29 is 4.74 Å². The van der Waals surface area contributed by atoms with Crippen LogP contribution in [-0.4, -0.2) is 35.0 Å². The number of aromatic nitrogens is 2. The molecule has 1 atom stereocenters. The quantitative estimate of drug-likeness (QED) is 0.511. The third kappa shape index (κ3) is 4.87. The average Bonchev–Trinajstić information content (AvgIpc) is 3.18. The molecule has 25 heavy (non-hydrogen) atoms. The third-order valence-corrected chi connectivity index (χ3v) is 4.53. The Morgan fingerprint density at radius 2 is 2.16 bits per heavy atom. The number of imidazole rings is 1. The number of benzene rings is 1. The van der Waals surface area contributed by atoms with Crippen LogP contribution in [0, 0.1) is 0 Å². The van der Waals surface area contributed by atoms with Crippen LogP contribution in [0.25, 0.3) is 4.96 Å². The van der Waals surface area contributed by atoms with Gasteiger partial charge in [0.25, 0.3) is 0 Å². The highest BCUT2D eigenvalue weighted by Crippen LogP contribution is 2.16. The Balaban J connectivity index is 1.45. The Labute approximate surface area is 155 Å². The van der Waals surface area contributed by atoms with Crippen LogP contribution in [0.15, 0.2) is 47.0 Å². The molecule has 2 aromatic heterocycles. The zero-order chi connectivity index (χ0) is 17.6. The smallest absolute Gasteiger partial charge is 0.193 e. The number of guanidine groups is 1. The summed E-state index contributed by atoms with van der Waals surface area (Å²) in [5, 5.41) is 9.22. The molecule has 0 aliphatic heterocycles. The number of nitrogens with one attached hydrogen (secondary N) is 2. The lowest BCUT2D eigenvalue weighted by Crippen LogP contribution is -2.41. The van der Waals surface area contributed by atoms with E-state index < -0.39 is 0 Å². The number of fused-ring (bicyclic) bond motifs is 1. The molecule has 2 heterocycles. The number of ether oxygens (including phenoxy) is 1. The van der Waals surface area contributed by atoms with Gasteiger partial charge in [-0.05, 0) is 31.2 Å². The highest BCUT2D eigenvalue weighted by atomic mass is 35.5. The molecule has 0 radical (unpaired) electrons. The number of thiazole rings is 1. The average molecular weight is 378 g/mol. The molecular weight excluding hydrogens is 358 g/mol. The van der Waals surface area contributed by atoms with Crippen LogP contribution in [0.4, 0.5) is 0 Å². The number of hydrogen-bond donors (Lipinski definition) is 2. The van der Waals surface area contributed by atoms with Crippen molar-refractivity contribution in [1.82, 2.24) is 20.0 Å². The van der Waals surface area contributed by atoms with Crippen molar-refractivity contribution in [3.05, 3.63) is 52.8 Å². The standard InChI is InChI=1S/C17H20ClN5OS/c1-12(24-15-5-3-13(18)4-6-15)9-20-16(19-2)21-10-14-11-23-7-8-25-17(23)22-14/h3-8,11-12H,9-10H2,1-2H3,(H2,19,20,21). The molecule has 0 saturated heterocycles. The van der Waals surface area contributed by atoms with Gasteiger partial charge in [-0.15, -0.1) is 11.3 Å². The second kappa shape index (κ2) is 8.22. The highest BCUT2D eigenvalue weighted by molar-refractivity contribution is 7.15. The SMILES string of the molecule is CN=C(NCc1cn2ccsc2n1)NCC(C)Oc1ccc(Cl)cc1. The van der Waals surface area contributed by atoms with Gasteiger partial charge in [-0.25, -0.2) is 4.98 Å². The summed E-state index contributed by atoms with van der Waals surface area (Å²) in [6.45, 7) is 3.24. The molecule has 3 aromatic rings. The van der Waals surface area contributed by atoms with E-state index in [1.54, 1.807) is 18.4 Å². The van der Waals surface area contributed by atoms with E-state index in [0.29, 0.717) is 24.1 Å². The fourth-order valence-corrected chi connectivity index (χ4v) is 3.13. The minimum atomic E-state index is -0.0160. The fraction of sp³-hybridized carbons (Fsp3) is 0.294. The molecule has 0 amide bonds. The minimum absolute atomic E-state index is 0.0160. The minimum Gasteiger partial charge on any atom is -0.489 e. The second-order valence-corrected chi connectivity index (χ2v) is 6.82. The number of hydrogen-bond acceptors (Lipinski definition) is 4. The first kappa shape index (κ1) is 17.6. The molecule has 0 aliphatic rings. The van der Waals surface area contributed by atoms with Crippen LogP contribution >= 0.6 is 22.9 Å². The van der Waals surface area contributed by atoms with E-state index in [9.17, 15) is 0 Å². The van der Waals surface area contributed by atoms with Gasteiger partial charge in [-0.2, -0.15) is 0 Å². The van der Waals surface area contributed by atoms with Crippen molar-refractivity contribution in [3.8, 4) is 5.75 Å². The topological polar surface area (TPSA) is 63.0 Å². The molecule has 0 fully saturated rings. The Hall–Kier alpha value is -2.25. The van der Waals surface area contributed by atoms with Crippen molar-refractivity contribution >= 4 is 33.9 Å². The van der Waals surface area contributed by atoms with Crippen molar-refractivity contribution in [1.29, 1.82) is 0 Å². The Morgan fingerprint density at radius 1 is 1.36 bits per heavy atom. The number of nitrogens with zero attached hydrogens (tertiary/aromatic N) is 3. The molecule has 0 spiro atoms. The first-order chi connectivity index (χ1) is 12.1. The lowest BCUT2D eigenvalue weighted by molar-refractivity contribution is 0.224. The van der Waals surface area contributed by atoms with Crippen LogP contribution in [0.2, 0.25) is 5.02 Å². The van der Waals surface area contributed by atoms with Crippen molar-refractivity contribution in [2.45, 2.75) is 19.6 Å². The van der Waals surface area contributed by atoms with E-state index >= 15 is 0 Å². The van der Waals surface area contributed by atoms with Crippen molar-refractivity contribution in [3.63, 3.8) is 0 Å². The zero-order valence-electron chi connectivity index (χ0n) is 14.1. The maximum atomic E-state index is 5.88. The number of aliphatic imine (C=N–C) groups is 1. The van der Waals surface area contributed by atoms with Crippen LogP contribution < -0.4 is 15.4 Å². The van der Waals surface area contributed by atoms with E-state index in [0.717, 1.165) is 16.4 Å². The molecule has 8 heteroatoms. The van der Waals surface area contributed by atoms with Gasteiger partial charge in [0.15, 0.2) is 10.9 Å². The Bertz CT molecular complexity index is 814. The Morgan fingerprint density at radius 3 is 2.88 bits per heavy atom. The summed E-state index contributed by atoms with van der Waals surface area (Å²) in [6, 6.07) is 7.34. The van der Waals surface area contributed by atoms with Crippen molar-refractivity contribution in [2.24, 2.45) is 4.99 Å². The predicted octanol–water partition coefficient (Wildman–Crippen LogP) is 3.18. The molecule has 2 N–H and O–H groups in total. The van der Waals surface area contributed by atoms with Crippen LogP contribution in [-0.2, 0) is 6.54 Å². The van der Waals surface area contributed by atoms with Gasteiger partial charge in [-0.1, -0.05) is 11.6 Å². The summed E-state index contributed by atoms with van der Waals surface area (Å²) in [4.78, 5) is 9.75. The van der Waals surface area contributed by atoms with Gasteiger partial charge in [0.05, 0.1) is 18.8 Å². The van der Waals surface area contributed by atoms with Gasteiger partial charge >= 0.3 is 0 Å². The van der Waals surface area contributed by atoms with E-state index in [1.165, 1.54) is 0 Å². The predicted molar refractivity (Wildman–Crippen MR) is 103 cm³/mol. The Kier molecular flexibility index (Phi) is 5.78. The van der Waals surface area contributed by atoms with Crippen LogP contribution in [0.5, 0.6) is 5.75 Å². The molecule has 1 aromatic carbocycles. The van der Waals surface area contributed by atoms with E-state index in [2.05, 4.69) is 20.6 Å². The molecular formula is C17H20ClN5OS. The summed E-state index contributed by atoms with van der Waals surface area (Å²) in [5.41, 5.74) is 0.972. The van der Waals surface area contributed by atoms with Gasteiger partial charge in [-0.3, -0.25) is 9.39 Å². The lowest BCUT2D eigenvalue weighted by atomic mass is 10.3. The normalized spacial score (nSPS) is 13.0. The lowest BCUT2D eigenvalue weighted by Gasteiger charge is -2.17. The summed E-state index contributed by atoms with van der Waals surface area (Å²) < 4.78 is 7.85. The highest BCUT2D eigenvalue weighted by Gasteiger charge is 2.07. The van der Waals surface area contributed by atoms with Gasteiger partial charge in [0.2, 0.25) is 0 Å². The molecule has 6 nitrogen and oxygen atoms in total. The fourth-order valence-electron chi connectivity index (χ4n) is 2.28. The maximum absolute atomic E-state index is 5.88. The molecule has 3 rings (SSSR count). The second-order valence-electron chi connectivity index (χ2n) is 5.51. The summed E-state index contributed by atoms with van der Waals surface area (Å²) in [6.07, 6.45) is 4.00. The maximum Gasteiger partial charge on any atom is 0.193 e. The molecule has 0 aliphatic carbocycles. The summed E-state index contributed by atoms with van der Waals surface area (Å²) in [7, 11) is 1.74. The number of rotatable bonds is 6. The number of halogens is 1. The molecule has 132 valence electrons. The van der Waals surface area contributed by atoms with Crippen molar-refractivity contribution in [2.75, 3.05) is 13.6 Å².